The molecular formula is C11H24FO2P. The number of unbranched alkanes of at least 4 members (excludes halogenated alkanes) is 5. The number of hydrogen-bond acceptors (Lipinski definition) is 2. The second-order valence-electron chi connectivity index (χ2n) is 4.22. The maximum Gasteiger partial charge on any atom is 0.369 e. The van der Waals surface area contributed by atoms with E-state index in [-0.39, 0.29) is 6.61 Å². The summed E-state index contributed by atoms with van der Waals surface area (Å²) in [6.07, 6.45) is 6.73. The fourth-order valence-electron chi connectivity index (χ4n) is 1.22. The molecule has 0 heterocycles. The van der Waals surface area contributed by atoms with E-state index in [0.717, 1.165) is 19.3 Å². The molecule has 1 atom stereocenters. The van der Waals surface area contributed by atoms with Crippen LogP contribution >= 0.6 is 7.68 Å². The molecule has 1 unspecified atom stereocenters. The van der Waals surface area contributed by atoms with Crippen LogP contribution in [-0.2, 0) is 9.09 Å². The second-order valence-corrected chi connectivity index (χ2v) is 6.55. The minimum Gasteiger partial charge on any atom is -0.305 e. The van der Waals surface area contributed by atoms with Crippen LogP contribution in [0.15, 0.2) is 0 Å². The second kappa shape index (κ2) is 8.29. The van der Waals surface area contributed by atoms with Crippen LogP contribution in [0.3, 0.4) is 0 Å². The molecule has 0 amide bonds. The molecule has 0 aromatic heterocycles. The van der Waals surface area contributed by atoms with Crippen LogP contribution in [0.1, 0.15) is 59.3 Å². The summed E-state index contributed by atoms with van der Waals surface area (Å²) >= 11 is 0. The number of hydrogen-bond donors (Lipinski definition) is 0. The quantitative estimate of drug-likeness (QED) is 0.420. The van der Waals surface area contributed by atoms with Crippen molar-refractivity contribution in [1.29, 1.82) is 0 Å². The van der Waals surface area contributed by atoms with Crippen molar-refractivity contribution in [2.45, 2.75) is 65.0 Å². The van der Waals surface area contributed by atoms with E-state index in [9.17, 15) is 8.76 Å². The van der Waals surface area contributed by atoms with E-state index in [4.69, 9.17) is 4.52 Å². The van der Waals surface area contributed by atoms with Gasteiger partial charge in [0.2, 0.25) is 0 Å². The summed E-state index contributed by atoms with van der Waals surface area (Å²) in [6, 6.07) is 0. The Hall–Kier alpha value is 0.120. The average molecular weight is 238 g/mol. The van der Waals surface area contributed by atoms with Crippen LogP contribution in [0.5, 0.6) is 0 Å². The monoisotopic (exact) mass is 238 g/mol. The highest BCUT2D eigenvalue weighted by molar-refractivity contribution is 7.54. The van der Waals surface area contributed by atoms with Crippen LogP contribution in [0.25, 0.3) is 0 Å². The lowest BCUT2D eigenvalue weighted by atomic mass is 10.1. The summed E-state index contributed by atoms with van der Waals surface area (Å²) in [6.45, 7) is 5.63. The Bertz CT molecular complexity index is 195. The predicted molar refractivity (Wildman–Crippen MR) is 63.2 cm³/mol. The van der Waals surface area contributed by atoms with Crippen molar-refractivity contribution in [2.24, 2.45) is 0 Å². The molecule has 0 N–H and O–H groups in total. The van der Waals surface area contributed by atoms with E-state index in [2.05, 4.69) is 6.92 Å². The molecule has 0 aliphatic carbocycles. The fourth-order valence-corrected chi connectivity index (χ4v) is 1.90. The molecule has 15 heavy (non-hydrogen) atoms. The van der Waals surface area contributed by atoms with E-state index >= 15 is 0 Å². The van der Waals surface area contributed by atoms with Crippen LogP contribution in [-0.4, -0.2) is 12.3 Å². The number of halogens is 1. The predicted octanol–water partition coefficient (Wildman–Crippen LogP) is 4.93. The smallest absolute Gasteiger partial charge is 0.305 e. The van der Waals surface area contributed by atoms with Gasteiger partial charge in [0.05, 0.1) is 12.3 Å². The minimum absolute atomic E-state index is 0.290. The van der Waals surface area contributed by atoms with E-state index in [1.54, 1.807) is 13.8 Å². The molecule has 2 nitrogen and oxygen atoms in total. The van der Waals surface area contributed by atoms with Crippen LogP contribution in [0.2, 0.25) is 0 Å². The molecule has 0 aromatic carbocycles. The first-order valence-electron chi connectivity index (χ1n) is 5.94. The van der Waals surface area contributed by atoms with Crippen LogP contribution in [0, 0.1) is 0 Å². The van der Waals surface area contributed by atoms with Gasteiger partial charge in [-0.15, -0.1) is 0 Å². The van der Waals surface area contributed by atoms with Gasteiger partial charge in [0, 0.05) is 0 Å². The third-order valence-corrected chi connectivity index (χ3v) is 4.15. The van der Waals surface area contributed by atoms with Crippen LogP contribution in [0.4, 0.5) is 4.20 Å². The molecule has 0 rings (SSSR count). The lowest BCUT2D eigenvalue weighted by Crippen LogP contribution is -1.99. The summed E-state index contributed by atoms with van der Waals surface area (Å²) in [5.41, 5.74) is -0.516. The van der Waals surface area contributed by atoms with Crippen LogP contribution < -0.4 is 0 Å². The first kappa shape index (κ1) is 15.1. The summed E-state index contributed by atoms with van der Waals surface area (Å²) in [4.78, 5) is 0. The number of rotatable bonds is 9. The third-order valence-electron chi connectivity index (χ3n) is 2.38. The first-order valence-corrected chi connectivity index (χ1v) is 7.53. The summed E-state index contributed by atoms with van der Waals surface area (Å²) in [7, 11) is -3.83. The molecule has 0 spiro atoms. The van der Waals surface area contributed by atoms with Crippen molar-refractivity contribution in [3.63, 3.8) is 0 Å². The van der Waals surface area contributed by atoms with Gasteiger partial charge < -0.3 is 4.52 Å². The SMILES string of the molecule is CCCCCCCCOP(=O)(F)C(C)C. The van der Waals surface area contributed by atoms with Crippen molar-refractivity contribution in [2.75, 3.05) is 6.61 Å². The van der Waals surface area contributed by atoms with Gasteiger partial charge in [-0.05, 0) is 6.42 Å². The summed E-state index contributed by atoms with van der Waals surface area (Å²) in [5.74, 6) is 0. The molecule has 0 aliphatic heterocycles. The largest absolute Gasteiger partial charge is 0.369 e. The lowest BCUT2D eigenvalue weighted by molar-refractivity contribution is 0.272. The Morgan fingerprint density at radius 2 is 1.67 bits per heavy atom. The summed E-state index contributed by atoms with van der Waals surface area (Å²) in [5, 5.41) is 0. The van der Waals surface area contributed by atoms with E-state index in [1.807, 2.05) is 0 Å². The highest BCUT2D eigenvalue weighted by atomic mass is 31.2. The van der Waals surface area contributed by atoms with Gasteiger partial charge in [-0.1, -0.05) is 52.9 Å². The maximum atomic E-state index is 13.2. The third kappa shape index (κ3) is 7.98. The molecule has 0 bridgehead atoms. The van der Waals surface area contributed by atoms with Gasteiger partial charge in [-0.3, -0.25) is 4.57 Å². The topological polar surface area (TPSA) is 26.3 Å². The summed E-state index contributed by atoms with van der Waals surface area (Å²) < 4.78 is 29.1. The van der Waals surface area contributed by atoms with E-state index < -0.39 is 13.3 Å². The molecule has 0 aromatic rings. The van der Waals surface area contributed by atoms with Crippen molar-refractivity contribution in [3.05, 3.63) is 0 Å². The standard InChI is InChI=1S/C11H24FO2P/c1-4-5-6-7-8-9-10-14-15(12,13)11(2)3/h11H,4-10H2,1-3H3. The molecule has 0 aliphatic rings. The molecule has 92 valence electrons. The van der Waals surface area contributed by atoms with Crippen molar-refractivity contribution < 1.29 is 13.3 Å². The Labute approximate surface area is 93.2 Å². The fraction of sp³-hybridized carbons (Fsp3) is 1.00. The van der Waals surface area contributed by atoms with Crippen molar-refractivity contribution in [1.82, 2.24) is 0 Å². The lowest BCUT2D eigenvalue weighted by Gasteiger charge is -2.12. The molecular weight excluding hydrogens is 214 g/mol. The van der Waals surface area contributed by atoms with Gasteiger partial charge in [0.25, 0.3) is 0 Å². The highest BCUT2D eigenvalue weighted by Gasteiger charge is 2.26. The molecule has 0 fully saturated rings. The van der Waals surface area contributed by atoms with Gasteiger partial charge in [-0.2, -0.15) is 4.20 Å². The Balaban J connectivity index is 3.35. The molecule has 0 saturated heterocycles. The maximum absolute atomic E-state index is 13.2. The minimum atomic E-state index is -3.83. The Morgan fingerprint density at radius 3 is 2.20 bits per heavy atom. The van der Waals surface area contributed by atoms with E-state index in [0.29, 0.717) is 0 Å². The zero-order chi connectivity index (χ0) is 11.7. The van der Waals surface area contributed by atoms with Crippen molar-refractivity contribution >= 4 is 7.68 Å². The average Bonchev–Trinajstić information content (AvgIpc) is 2.16. The molecule has 0 radical (unpaired) electrons. The molecule has 4 heteroatoms. The van der Waals surface area contributed by atoms with Crippen molar-refractivity contribution in [3.8, 4) is 0 Å². The van der Waals surface area contributed by atoms with Gasteiger partial charge in [-0.25, -0.2) is 0 Å². The highest BCUT2D eigenvalue weighted by Crippen LogP contribution is 2.53. The first-order chi connectivity index (χ1) is 7.00. The van der Waals surface area contributed by atoms with Gasteiger partial charge >= 0.3 is 7.68 Å². The zero-order valence-electron chi connectivity index (χ0n) is 10.2. The normalized spacial score (nSPS) is 15.5. The zero-order valence-corrected chi connectivity index (χ0v) is 11.1. The van der Waals surface area contributed by atoms with Gasteiger partial charge in [0.1, 0.15) is 0 Å². The van der Waals surface area contributed by atoms with E-state index in [1.165, 1.54) is 19.3 Å². The Kier molecular flexibility index (Phi) is 8.36. The Morgan fingerprint density at radius 1 is 1.13 bits per heavy atom. The molecule has 0 saturated carbocycles. The van der Waals surface area contributed by atoms with Gasteiger partial charge in [0.15, 0.2) is 0 Å².